The summed E-state index contributed by atoms with van der Waals surface area (Å²) in [6.07, 6.45) is 2.53. The van der Waals surface area contributed by atoms with Gasteiger partial charge in [0, 0.05) is 18.7 Å². The Morgan fingerprint density at radius 2 is 2.10 bits per heavy atom. The summed E-state index contributed by atoms with van der Waals surface area (Å²) in [7, 11) is -4.06. The minimum Gasteiger partial charge on any atom is -0.397 e. The highest BCUT2D eigenvalue weighted by molar-refractivity contribution is 7.89. The lowest BCUT2D eigenvalue weighted by Gasteiger charge is -2.26. The number of sulfonamides is 1. The maximum absolute atomic E-state index is 14.1. The van der Waals surface area contributed by atoms with E-state index in [0.717, 1.165) is 25.3 Å². The molecule has 21 heavy (non-hydrogen) atoms. The minimum absolute atomic E-state index is 0.117. The number of non-ortho nitro benzene ring substituents is 1. The molecule has 1 saturated heterocycles. The highest BCUT2D eigenvalue weighted by Crippen LogP contribution is 2.42. The van der Waals surface area contributed by atoms with Crippen molar-refractivity contribution in [3.63, 3.8) is 0 Å². The number of hydrogen-bond donors (Lipinski definition) is 1. The third kappa shape index (κ3) is 2.16. The summed E-state index contributed by atoms with van der Waals surface area (Å²) in [5.74, 6) is -0.864. The lowest BCUT2D eigenvalue weighted by atomic mass is 10.1. The second-order valence-electron chi connectivity index (χ2n) is 5.51. The van der Waals surface area contributed by atoms with Crippen molar-refractivity contribution >= 4 is 21.4 Å². The van der Waals surface area contributed by atoms with Gasteiger partial charge in [0.05, 0.1) is 16.7 Å². The number of fused-ring (bicyclic) bond motifs is 2. The van der Waals surface area contributed by atoms with Gasteiger partial charge in [-0.1, -0.05) is 0 Å². The maximum Gasteiger partial charge on any atom is 0.274 e. The summed E-state index contributed by atoms with van der Waals surface area (Å²) in [6.45, 7) is 0.364. The predicted molar refractivity (Wildman–Crippen MR) is 72.5 cm³/mol. The van der Waals surface area contributed by atoms with E-state index in [9.17, 15) is 22.9 Å². The molecule has 2 bridgehead atoms. The van der Waals surface area contributed by atoms with Crippen molar-refractivity contribution in [1.29, 1.82) is 0 Å². The van der Waals surface area contributed by atoms with Gasteiger partial charge in [-0.15, -0.1) is 0 Å². The number of nitro benzene ring substituents is 1. The van der Waals surface area contributed by atoms with Gasteiger partial charge < -0.3 is 5.73 Å². The monoisotopic (exact) mass is 315 g/mol. The van der Waals surface area contributed by atoms with E-state index in [1.165, 1.54) is 4.31 Å². The average molecular weight is 315 g/mol. The van der Waals surface area contributed by atoms with Crippen LogP contribution >= 0.6 is 0 Å². The zero-order chi connectivity index (χ0) is 15.4. The molecule has 0 radical (unpaired) electrons. The fourth-order valence-corrected chi connectivity index (χ4v) is 5.16. The van der Waals surface area contributed by atoms with Crippen LogP contribution in [0.25, 0.3) is 0 Å². The zero-order valence-electron chi connectivity index (χ0n) is 11.0. The van der Waals surface area contributed by atoms with Gasteiger partial charge in [0.1, 0.15) is 4.90 Å². The molecule has 1 aliphatic heterocycles. The van der Waals surface area contributed by atoms with Crippen LogP contribution in [0.15, 0.2) is 17.0 Å². The molecule has 1 heterocycles. The van der Waals surface area contributed by atoms with Crippen LogP contribution in [0, 0.1) is 21.8 Å². The summed E-state index contributed by atoms with van der Waals surface area (Å²) < 4.78 is 40.5. The topological polar surface area (TPSA) is 107 Å². The van der Waals surface area contributed by atoms with Crippen molar-refractivity contribution in [3.05, 3.63) is 28.1 Å². The first-order valence-electron chi connectivity index (χ1n) is 6.56. The molecule has 1 aromatic rings. The normalized spacial score (nSPS) is 25.4. The molecule has 2 aliphatic rings. The highest BCUT2D eigenvalue weighted by Gasteiger charge is 2.45. The van der Waals surface area contributed by atoms with E-state index in [1.807, 2.05) is 0 Å². The summed E-state index contributed by atoms with van der Waals surface area (Å²) in [4.78, 5) is 9.19. The van der Waals surface area contributed by atoms with Gasteiger partial charge in [0.2, 0.25) is 10.0 Å². The molecule has 0 spiro atoms. The van der Waals surface area contributed by atoms with Crippen molar-refractivity contribution in [1.82, 2.24) is 4.31 Å². The Bertz CT molecular complexity index is 698. The maximum atomic E-state index is 14.1. The van der Waals surface area contributed by atoms with Gasteiger partial charge >= 0.3 is 0 Å². The molecule has 0 amide bonds. The highest BCUT2D eigenvalue weighted by atomic mass is 32.2. The van der Waals surface area contributed by atoms with Gasteiger partial charge in [0.15, 0.2) is 5.82 Å². The van der Waals surface area contributed by atoms with E-state index in [1.54, 1.807) is 0 Å². The first kappa shape index (κ1) is 14.2. The van der Waals surface area contributed by atoms with Gasteiger partial charge in [0.25, 0.3) is 5.69 Å². The number of halogens is 1. The third-order valence-electron chi connectivity index (χ3n) is 4.19. The van der Waals surface area contributed by atoms with Crippen LogP contribution in [0.5, 0.6) is 0 Å². The lowest BCUT2D eigenvalue weighted by Crippen LogP contribution is -2.38. The average Bonchev–Trinajstić information content (AvgIpc) is 2.99. The molecule has 0 aromatic heterocycles. The van der Waals surface area contributed by atoms with E-state index < -0.39 is 37.0 Å². The Morgan fingerprint density at radius 1 is 1.38 bits per heavy atom. The summed E-state index contributed by atoms with van der Waals surface area (Å²) in [5.41, 5.74) is 4.57. The Kier molecular flexibility index (Phi) is 3.14. The molecule has 2 N–H and O–H groups in total. The van der Waals surface area contributed by atoms with Crippen LogP contribution in [-0.2, 0) is 10.0 Å². The molecule has 1 saturated carbocycles. The number of piperidine rings is 1. The number of benzene rings is 1. The molecule has 2 fully saturated rings. The number of nitrogens with zero attached hydrogens (tertiary/aromatic N) is 2. The van der Waals surface area contributed by atoms with Crippen LogP contribution in [0.4, 0.5) is 15.8 Å². The van der Waals surface area contributed by atoms with E-state index in [4.69, 9.17) is 5.73 Å². The molecule has 1 aromatic carbocycles. The smallest absolute Gasteiger partial charge is 0.274 e. The predicted octanol–water partition coefficient (Wildman–Crippen LogP) is 1.49. The van der Waals surface area contributed by atoms with E-state index in [-0.39, 0.29) is 6.04 Å². The van der Waals surface area contributed by atoms with Crippen molar-refractivity contribution < 1.29 is 17.7 Å². The molecule has 2 unspecified atom stereocenters. The van der Waals surface area contributed by atoms with Crippen LogP contribution in [0.3, 0.4) is 0 Å². The summed E-state index contributed by atoms with van der Waals surface area (Å²) >= 11 is 0. The molecular weight excluding hydrogens is 301 g/mol. The Morgan fingerprint density at radius 3 is 2.57 bits per heavy atom. The molecule has 1 aliphatic carbocycles. The third-order valence-corrected chi connectivity index (χ3v) is 6.20. The SMILES string of the molecule is Nc1cc([N+](=O)[O-])cc(F)c1S(=O)(=O)N1CC2CCC1C2. The van der Waals surface area contributed by atoms with E-state index >= 15 is 0 Å². The second kappa shape index (κ2) is 4.63. The molecule has 7 nitrogen and oxygen atoms in total. The first-order chi connectivity index (χ1) is 9.80. The Labute approximate surface area is 120 Å². The fourth-order valence-electron chi connectivity index (χ4n) is 3.27. The lowest BCUT2D eigenvalue weighted by molar-refractivity contribution is -0.385. The zero-order valence-corrected chi connectivity index (χ0v) is 11.8. The van der Waals surface area contributed by atoms with Gasteiger partial charge in [-0.05, 0) is 25.2 Å². The quantitative estimate of drug-likeness (QED) is 0.516. The number of anilines is 1. The Balaban J connectivity index is 2.05. The summed E-state index contributed by atoms with van der Waals surface area (Å²) in [5, 5.41) is 10.7. The van der Waals surface area contributed by atoms with E-state index in [0.29, 0.717) is 18.5 Å². The summed E-state index contributed by atoms with van der Waals surface area (Å²) in [6, 6.07) is 1.36. The van der Waals surface area contributed by atoms with Crippen molar-refractivity contribution in [2.45, 2.75) is 30.2 Å². The van der Waals surface area contributed by atoms with E-state index in [2.05, 4.69) is 0 Å². The van der Waals surface area contributed by atoms with Crippen LogP contribution in [-0.4, -0.2) is 30.2 Å². The van der Waals surface area contributed by atoms with Crippen molar-refractivity contribution in [2.75, 3.05) is 12.3 Å². The molecule has 2 atom stereocenters. The number of nitro groups is 1. The number of hydrogen-bond acceptors (Lipinski definition) is 5. The second-order valence-corrected chi connectivity index (χ2v) is 7.34. The van der Waals surface area contributed by atoms with Crippen LogP contribution in [0.2, 0.25) is 0 Å². The molecule has 3 rings (SSSR count). The standard InChI is InChI=1S/C12H14FN3O4S/c13-10-4-9(16(17)18)5-11(14)12(10)21(19,20)15-6-7-1-2-8(15)3-7/h4-5,7-8H,1-3,6,14H2. The van der Waals surface area contributed by atoms with Crippen molar-refractivity contribution in [2.24, 2.45) is 5.92 Å². The van der Waals surface area contributed by atoms with Crippen LogP contribution < -0.4 is 5.73 Å². The number of nitrogens with two attached hydrogens (primary N) is 1. The number of nitrogen functional groups attached to an aromatic ring is 1. The fraction of sp³-hybridized carbons (Fsp3) is 0.500. The molecule has 114 valence electrons. The van der Waals surface area contributed by atoms with Crippen molar-refractivity contribution in [3.8, 4) is 0 Å². The molecular formula is C12H14FN3O4S. The van der Waals surface area contributed by atoms with Gasteiger partial charge in [-0.25, -0.2) is 12.8 Å². The first-order valence-corrected chi connectivity index (χ1v) is 8.00. The minimum atomic E-state index is -4.06. The van der Waals surface area contributed by atoms with Gasteiger partial charge in [-0.2, -0.15) is 4.31 Å². The number of rotatable bonds is 3. The molecule has 9 heteroatoms. The van der Waals surface area contributed by atoms with Gasteiger partial charge in [-0.3, -0.25) is 10.1 Å². The van der Waals surface area contributed by atoms with Crippen LogP contribution in [0.1, 0.15) is 19.3 Å². The Hall–Kier alpha value is -1.74. The largest absolute Gasteiger partial charge is 0.397 e.